The number of methoxy groups -OCH3 is 1. The summed E-state index contributed by atoms with van der Waals surface area (Å²) >= 11 is 0. The van der Waals surface area contributed by atoms with Gasteiger partial charge in [0.2, 0.25) is 0 Å². The monoisotopic (exact) mass is 271 g/mol. The number of hydrogen-bond acceptors (Lipinski definition) is 2. The Bertz CT molecular complexity index is 621. The summed E-state index contributed by atoms with van der Waals surface area (Å²) < 4.78 is 5.41. The van der Waals surface area contributed by atoms with Gasteiger partial charge in [-0.25, -0.2) is 0 Å². The van der Waals surface area contributed by atoms with Crippen LogP contribution >= 0.6 is 0 Å². The summed E-state index contributed by atoms with van der Waals surface area (Å²) in [7, 11) is 1.65. The van der Waals surface area contributed by atoms with Gasteiger partial charge >= 0.3 is 0 Å². The highest BCUT2D eigenvalue weighted by molar-refractivity contribution is 6.10. The van der Waals surface area contributed by atoms with Crippen molar-refractivity contribution in [2.45, 2.75) is 32.6 Å². The number of Topliss-reactive ketones (excluding diaryl/α,β-unsaturated/α-hetero) is 1. The van der Waals surface area contributed by atoms with E-state index in [1.165, 1.54) is 0 Å². The van der Waals surface area contributed by atoms with Crippen LogP contribution in [0.3, 0.4) is 0 Å². The fourth-order valence-corrected chi connectivity index (χ4v) is 3.26. The zero-order valence-electron chi connectivity index (χ0n) is 12.1. The van der Waals surface area contributed by atoms with Crippen molar-refractivity contribution in [3.8, 4) is 5.75 Å². The Labute approximate surface area is 119 Å². The fourth-order valence-electron chi connectivity index (χ4n) is 3.26. The Kier molecular flexibility index (Phi) is 3.51. The van der Waals surface area contributed by atoms with Crippen LogP contribution in [0.1, 0.15) is 43.0 Å². The van der Waals surface area contributed by atoms with Crippen LogP contribution in [-0.4, -0.2) is 17.9 Å². The average molecular weight is 271 g/mol. The molecule has 20 heavy (non-hydrogen) atoms. The van der Waals surface area contributed by atoms with Crippen molar-refractivity contribution in [3.63, 3.8) is 0 Å². The lowest BCUT2D eigenvalue weighted by molar-refractivity contribution is 0.0877. The number of ether oxygens (including phenoxy) is 1. The minimum Gasteiger partial charge on any atom is -0.496 e. The highest BCUT2D eigenvalue weighted by Crippen LogP contribution is 2.35. The van der Waals surface area contributed by atoms with Gasteiger partial charge in [-0.15, -0.1) is 0 Å². The molecule has 0 bridgehead atoms. The molecule has 3 rings (SSSR count). The maximum Gasteiger partial charge on any atom is 0.168 e. The van der Waals surface area contributed by atoms with Crippen molar-refractivity contribution < 1.29 is 9.53 Å². The number of rotatable bonds is 3. The molecule has 1 fully saturated rings. The Balaban J connectivity index is 1.95. The van der Waals surface area contributed by atoms with E-state index in [-0.39, 0.29) is 11.7 Å². The van der Waals surface area contributed by atoms with E-state index >= 15 is 0 Å². The summed E-state index contributed by atoms with van der Waals surface area (Å²) in [5.74, 6) is 1.98. The van der Waals surface area contributed by atoms with Crippen LogP contribution in [-0.2, 0) is 0 Å². The molecular formula is C17H21NO2. The lowest BCUT2D eigenvalue weighted by Crippen LogP contribution is -2.20. The summed E-state index contributed by atoms with van der Waals surface area (Å²) in [5.41, 5.74) is 1.76. The van der Waals surface area contributed by atoms with E-state index in [2.05, 4.69) is 11.9 Å². The summed E-state index contributed by atoms with van der Waals surface area (Å²) in [5, 5.41) is 0.929. The zero-order valence-corrected chi connectivity index (χ0v) is 12.1. The van der Waals surface area contributed by atoms with Gasteiger partial charge in [0.15, 0.2) is 5.78 Å². The molecule has 0 unspecified atom stereocenters. The highest BCUT2D eigenvalue weighted by Gasteiger charge is 2.27. The SMILES string of the molecule is COc1cccc2[nH]cc(C(=O)C3CCC(C)CC3)c12. The molecule has 1 saturated carbocycles. The van der Waals surface area contributed by atoms with Crippen LogP contribution in [0, 0.1) is 11.8 Å². The van der Waals surface area contributed by atoms with Crippen LogP contribution < -0.4 is 4.74 Å². The molecule has 1 aromatic heterocycles. The largest absolute Gasteiger partial charge is 0.496 e. The molecule has 1 aromatic carbocycles. The second kappa shape index (κ2) is 5.31. The van der Waals surface area contributed by atoms with Gasteiger partial charge in [0.1, 0.15) is 5.75 Å². The molecule has 1 aliphatic carbocycles. The smallest absolute Gasteiger partial charge is 0.168 e. The number of aromatic amines is 1. The third-order valence-corrected chi connectivity index (χ3v) is 4.54. The van der Waals surface area contributed by atoms with E-state index in [0.29, 0.717) is 0 Å². The molecule has 0 saturated heterocycles. The van der Waals surface area contributed by atoms with Crippen molar-refractivity contribution >= 4 is 16.7 Å². The number of fused-ring (bicyclic) bond motifs is 1. The first-order valence-corrected chi connectivity index (χ1v) is 7.39. The van der Waals surface area contributed by atoms with Gasteiger partial charge in [-0.2, -0.15) is 0 Å². The van der Waals surface area contributed by atoms with Gasteiger partial charge in [-0.05, 0) is 30.9 Å². The normalized spacial score (nSPS) is 22.9. The fraction of sp³-hybridized carbons (Fsp3) is 0.471. The molecule has 106 valence electrons. The van der Waals surface area contributed by atoms with Crippen LogP contribution in [0.25, 0.3) is 10.9 Å². The van der Waals surface area contributed by atoms with Gasteiger partial charge in [0.25, 0.3) is 0 Å². The highest BCUT2D eigenvalue weighted by atomic mass is 16.5. The van der Waals surface area contributed by atoms with Gasteiger partial charge in [-0.3, -0.25) is 4.79 Å². The average Bonchev–Trinajstić information content (AvgIpc) is 2.91. The Hall–Kier alpha value is -1.77. The second-order valence-corrected chi connectivity index (χ2v) is 5.91. The molecule has 3 nitrogen and oxygen atoms in total. The van der Waals surface area contributed by atoms with E-state index in [1.54, 1.807) is 7.11 Å². The van der Waals surface area contributed by atoms with Crippen molar-refractivity contribution in [1.82, 2.24) is 4.98 Å². The Morgan fingerprint density at radius 3 is 2.70 bits per heavy atom. The lowest BCUT2D eigenvalue weighted by Gasteiger charge is -2.24. The number of ketones is 1. The molecule has 2 aromatic rings. The van der Waals surface area contributed by atoms with Crippen molar-refractivity contribution in [1.29, 1.82) is 0 Å². The molecule has 3 heteroatoms. The molecule has 1 aliphatic rings. The minimum atomic E-state index is 0.176. The van der Waals surface area contributed by atoms with E-state index < -0.39 is 0 Å². The number of aromatic nitrogens is 1. The summed E-state index contributed by atoms with van der Waals surface area (Å²) in [6.45, 7) is 2.27. The molecule has 0 aliphatic heterocycles. The van der Waals surface area contributed by atoms with E-state index in [1.807, 2.05) is 24.4 Å². The summed E-state index contributed by atoms with van der Waals surface area (Å²) in [6.07, 6.45) is 6.20. The number of nitrogens with one attached hydrogen (secondary N) is 1. The molecule has 1 heterocycles. The van der Waals surface area contributed by atoms with Gasteiger partial charge < -0.3 is 9.72 Å². The second-order valence-electron chi connectivity index (χ2n) is 5.91. The van der Waals surface area contributed by atoms with Crippen LogP contribution in [0.2, 0.25) is 0 Å². The number of carbonyl (C=O) groups excluding carboxylic acids is 1. The van der Waals surface area contributed by atoms with Crippen molar-refractivity contribution in [2.75, 3.05) is 7.11 Å². The third-order valence-electron chi connectivity index (χ3n) is 4.54. The van der Waals surface area contributed by atoms with Crippen LogP contribution in [0.5, 0.6) is 5.75 Å². The summed E-state index contributed by atoms with van der Waals surface area (Å²) in [4.78, 5) is 16.0. The van der Waals surface area contributed by atoms with Crippen molar-refractivity contribution in [3.05, 3.63) is 30.0 Å². The van der Waals surface area contributed by atoms with Gasteiger partial charge in [0, 0.05) is 23.2 Å². The number of H-pyrrole nitrogens is 1. The van der Waals surface area contributed by atoms with E-state index in [4.69, 9.17) is 4.74 Å². The standard InChI is InChI=1S/C17H21NO2/c1-11-6-8-12(9-7-11)17(19)13-10-18-14-4-3-5-15(20-2)16(13)14/h3-5,10-12,18H,6-9H2,1-2H3. The Morgan fingerprint density at radius 1 is 1.25 bits per heavy atom. The van der Waals surface area contributed by atoms with E-state index in [9.17, 15) is 4.79 Å². The number of hydrogen-bond donors (Lipinski definition) is 1. The van der Waals surface area contributed by atoms with Crippen LogP contribution in [0.4, 0.5) is 0 Å². The molecule has 0 spiro atoms. The topological polar surface area (TPSA) is 42.1 Å². The maximum absolute atomic E-state index is 12.8. The van der Waals surface area contributed by atoms with Gasteiger partial charge in [0.05, 0.1) is 12.5 Å². The summed E-state index contributed by atoms with van der Waals surface area (Å²) in [6, 6.07) is 5.84. The number of benzene rings is 1. The molecule has 1 N–H and O–H groups in total. The number of carbonyl (C=O) groups is 1. The van der Waals surface area contributed by atoms with Crippen molar-refractivity contribution in [2.24, 2.45) is 11.8 Å². The quantitative estimate of drug-likeness (QED) is 0.851. The molecule has 0 radical (unpaired) electrons. The van der Waals surface area contributed by atoms with Crippen LogP contribution in [0.15, 0.2) is 24.4 Å². The molecular weight excluding hydrogens is 250 g/mol. The minimum absolute atomic E-state index is 0.176. The first kappa shape index (κ1) is 13.2. The van der Waals surface area contributed by atoms with Gasteiger partial charge in [-0.1, -0.05) is 25.8 Å². The predicted octanol–water partition coefficient (Wildman–Crippen LogP) is 4.19. The molecule has 0 atom stereocenters. The molecule has 0 amide bonds. The third kappa shape index (κ3) is 2.21. The first-order chi connectivity index (χ1) is 9.70. The maximum atomic E-state index is 12.8. The van der Waals surface area contributed by atoms with E-state index in [0.717, 1.165) is 53.8 Å². The first-order valence-electron chi connectivity index (χ1n) is 7.39. The lowest BCUT2D eigenvalue weighted by atomic mass is 9.79. The Morgan fingerprint density at radius 2 is 2.00 bits per heavy atom. The predicted molar refractivity (Wildman–Crippen MR) is 80.3 cm³/mol. The zero-order chi connectivity index (χ0) is 14.1.